The van der Waals surface area contributed by atoms with Gasteiger partial charge in [0.05, 0.1) is 50.4 Å². The van der Waals surface area contributed by atoms with E-state index < -0.39 is 34.3 Å². The van der Waals surface area contributed by atoms with Crippen molar-refractivity contribution in [3.05, 3.63) is 56.8 Å². The molecule has 3 aromatic rings. The molecule has 0 aliphatic carbocycles. The number of halogens is 5. The Morgan fingerprint density at radius 3 is 2.60 bits per heavy atom. The molecular weight excluding hydrogens is 534 g/mol. The summed E-state index contributed by atoms with van der Waals surface area (Å²) < 4.78 is 73.8. The lowest BCUT2D eigenvalue weighted by molar-refractivity contribution is -0.157. The van der Waals surface area contributed by atoms with E-state index in [1.165, 1.54) is 30.1 Å². The summed E-state index contributed by atoms with van der Waals surface area (Å²) in [5.74, 6) is -0.820. The molecule has 1 saturated heterocycles. The van der Waals surface area contributed by atoms with Gasteiger partial charge in [-0.2, -0.15) is 21.5 Å². The molecule has 4 rings (SSSR count). The summed E-state index contributed by atoms with van der Waals surface area (Å²) in [7, 11) is -2.71. The van der Waals surface area contributed by atoms with E-state index in [1.54, 1.807) is 0 Å². The zero-order chi connectivity index (χ0) is 25.5. The first-order valence-corrected chi connectivity index (χ1v) is 12.3. The maximum atomic E-state index is 14.7. The number of nitrogens with one attached hydrogen (secondary N) is 2. The molecule has 1 aliphatic rings. The fourth-order valence-electron chi connectivity index (χ4n) is 3.61. The zero-order valence-electron chi connectivity index (χ0n) is 17.9. The maximum absolute atomic E-state index is 14.7. The SMILES string of the molecule is Cn1cnc2ccc(Nc3c(F)ccc(NS(=O)(=O)N4CCC(OC(F)F)C4)c3Cl)c(Cl)c2c1=O. The lowest BCUT2D eigenvalue weighted by atomic mass is 10.2. The predicted octanol–water partition coefficient (Wildman–Crippen LogP) is 4.09. The van der Waals surface area contributed by atoms with E-state index in [0.29, 0.717) is 5.52 Å². The van der Waals surface area contributed by atoms with Crippen LogP contribution in [0.4, 0.5) is 30.2 Å². The van der Waals surface area contributed by atoms with E-state index >= 15 is 0 Å². The molecule has 9 nitrogen and oxygen atoms in total. The molecule has 0 bridgehead atoms. The van der Waals surface area contributed by atoms with Gasteiger partial charge in [0.15, 0.2) is 0 Å². The first-order valence-electron chi connectivity index (χ1n) is 10.1. The largest absolute Gasteiger partial charge is 0.351 e. The van der Waals surface area contributed by atoms with Gasteiger partial charge >= 0.3 is 16.8 Å². The monoisotopic (exact) mass is 551 g/mol. The number of hydrogen-bond acceptors (Lipinski definition) is 6. The molecule has 2 heterocycles. The van der Waals surface area contributed by atoms with Crippen molar-refractivity contribution in [2.75, 3.05) is 23.1 Å². The van der Waals surface area contributed by atoms with Crippen molar-refractivity contribution in [3.8, 4) is 0 Å². The third kappa shape index (κ3) is 5.19. The quantitative estimate of drug-likeness (QED) is 0.458. The van der Waals surface area contributed by atoms with Crippen molar-refractivity contribution in [1.82, 2.24) is 13.9 Å². The molecule has 1 fully saturated rings. The maximum Gasteiger partial charge on any atom is 0.345 e. The van der Waals surface area contributed by atoms with Gasteiger partial charge in [0, 0.05) is 20.1 Å². The average molecular weight is 552 g/mol. The number of benzene rings is 2. The van der Waals surface area contributed by atoms with Crippen LogP contribution in [0.3, 0.4) is 0 Å². The normalized spacial score (nSPS) is 16.8. The van der Waals surface area contributed by atoms with E-state index in [-0.39, 0.29) is 52.0 Å². The Hall–Kier alpha value is -2.58. The number of nitrogens with zero attached hydrogens (tertiary/aromatic N) is 3. The number of hydrogen-bond donors (Lipinski definition) is 2. The number of alkyl halides is 2. The van der Waals surface area contributed by atoms with E-state index in [1.807, 2.05) is 0 Å². The topological polar surface area (TPSA) is 106 Å². The number of fused-ring (bicyclic) bond motifs is 1. The first-order chi connectivity index (χ1) is 16.5. The fourth-order valence-corrected chi connectivity index (χ4v) is 5.48. The molecule has 2 N–H and O–H groups in total. The van der Waals surface area contributed by atoms with E-state index in [0.717, 1.165) is 16.4 Å². The van der Waals surface area contributed by atoms with Crippen molar-refractivity contribution in [2.45, 2.75) is 19.1 Å². The van der Waals surface area contributed by atoms with E-state index in [4.69, 9.17) is 23.2 Å². The van der Waals surface area contributed by atoms with E-state index in [9.17, 15) is 26.4 Å². The van der Waals surface area contributed by atoms with Crippen LogP contribution in [0.1, 0.15) is 6.42 Å². The Morgan fingerprint density at radius 1 is 1.17 bits per heavy atom. The van der Waals surface area contributed by atoms with Crippen molar-refractivity contribution in [2.24, 2.45) is 7.05 Å². The van der Waals surface area contributed by atoms with Crippen LogP contribution in [-0.4, -0.2) is 48.1 Å². The van der Waals surface area contributed by atoms with Crippen LogP contribution in [-0.2, 0) is 22.0 Å². The summed E-state index contributed by atoms with van der Waals surface area (Å²) >= 11 is 12.7. The predicted molar refractivity (Wildman–Crippen MR) is 126 cm³/mol. The van der Waals surface area contributed by atoms with Crippen LogP contribution in [0.2, 0.25) is 10.0 Å². The van der Waals surface area contributed by atoms with Crippen molar-refractivity contribution >= 4 is 61.4 Å². The highest BCUT2D eigenvalue weighted by molar-refractivity contribution is 7.90. The molecule has 1 unspecified atom stereocenters. The summed E-state index contributed by atoms with van der Waals surface area (Å²) in [4.78, 5) is 16.6. The molecule has 0 radical (unpaired) electrons. The Kier molecular flexibility index (Phi) is 7.16. The highest BCUT2D eigenvalue weighted by Crippen LogP contribution is 2.38. The third-order valence-electron chi connectivity index (χ3n) is 5.36. The van der Waals surface area contributed by atoms with Gasteiger partial charge in [-0.25, -0.2) is 9.37 Å². The Bertz CT molecular complexity index is 1450. The fraction of sp³-hybridized carbons (Fsp3) is 0.300. The van der Waals surface area contributed by atoms with Crippen LogP contribution in [0.5, 0.6) is 0 Å². The number of aromatic nitrogens is 2. The Morgan fingerprint density at radius 2 is 1.89 bits per heavy atom. The lowest BCUT2D eigenvalue weighted by Gasteiger charge is -2.20. The van der Waals surface area contributed by atoms with Gasteiger partial charge in [-0.15, -0.1) is 0 Å². The minimum Gasteiger partial charge on any atom is -0.351 e. The summed E-state index contributed by atoms with van der Waals surface area (Å²) in [5, 5.41) is 2.46. The van der Waals surface area contributed by atoms with Gasteiger partial charge in [-0.1, -0.05) is 23.2 Å². The second-order valence-corrected chi connectivity index (χ2v) is 10.1. The van der Waals surface area contributed by atoms with Gasteiger partial charge in [0.2, 0.25) is 0 Å². The van der Waals surface area contributed by atoms with Crippen molar-refractivity contribution in [3.63, 3.8) is 0 Å². The summed E-state index contributed by atoms with van der Waals surface area (Å²) in [6.45, 7) is -3.35. The first kappa shape index (κ1) is 25.5. The summed E-state index contributed by atoms with van der Waals surface area (Å²) in [5.41, 5.74) is -0.415. The molecule has 2 aromatic carbocycles. The number of ether oxygens (including phenoxy) is 1. The van der Waals surface area contributed by atoms with Crippen molar-refractivity contribution in [1.29, 1.82) is 0 Å². The molecule has 1 atom stereocenters. The average Bonchev–Trinajstić information content (AvgIpc) is 3.26. The molecule has 188 valence electrons. The molecular formula is C20H18Cl2F3N5O4S. The summed E-state index contributed by atoms with van der Waals surface area (Å²) in [6.07, 6.45) is 0.469. The van der Waals surface area contributed by atoms with Crippen LogP contribution in [0, 0.1) is 5.82 Å². The molecule has 15 heteroatoms. The third-order valence-corrected chi connectivity index (χ3v) is 7.63. The van der Waals surface area contributed by atoms with Gasteiger partial charge < -0.3 is 14.6 Å². The minimum atomic E-state index is -4.21. The van der Waals surface area contributed by atoms with Gasteiger partial charge in [-0.05, 0) is 30.7 Å². The van der Waals surface area contributed by atoms with Crippen LogP contribution < -0.4 is 15.6 Å². The molecule has 0 amide bonds. The minimum absolute atomic E-state index is 0.0280. The molecule has 1 aromatic heterocycles. The van der Waals surface area contributed by atoms with Gasteiger partial charge in [0.25, 0.3) is 5.56 Å². The smallest absolute Gasteiger partial charge is 0.345 e. The zero-order valence-corrected chi connectivity index (χ0v) is 20.3. The number of rotatable bonds is 7. The highest BCUT2D eigenvalue weighted by Gasteiger charge is 2.34. The summed E-state index contributed by atoms with van der Waals surface area (Å²) in [6, 6.07) is 5.07. The van der Waals surface area contributed by atoms with Gasteiger partial charge in [0.1, 0.15) is 5.82 Å². The Balaban J connectivity index is 1.62. The molecule has 35 heavy (non-hydrogen) atoms. The Labute approximate surface area is 207 Å². The highest BCUT2D eigenvalue weighted by atomic mass is 35.5. The molecule has 0 spiro atoms. The molecule has 0 saturated carbocycles. The number of aryl methyl sites for hydroxylation is 1. The second kappa shape index (κ2) is 9.82. The van der Waals surface area contributed by atoms with Crippen LogP contribution >= 0.6 is 23.2 Å². The van der Waals surface area contributed by atoms with Crippen LogP contribution in [0.15, 0.2) is 35.4 Å². The lowest BCUT2D eigenvalue weighted by Crippen LogP contribution is -2.35. The van der Waals surface area contributed by atoms with Crippen molar-refractivity contribution < 1.29 is 26.3 Å². The van der Waals surface area contributed by atoms with E-state index in [2.05, 4.69) is 19.8 Å². The van der Waals surface area contributed by atoms with Gasteiger partial charge in [-0.3, -0.25) is 9.52 Å². The standard InChI is InChI=1S/C20H18Cl2F3N5O4S/c1-29-9-26-12-4-5-13(16(21)15(12)19(29)31)27-18-11(23)2-3-14(17(18)22)28-35(32,33)30-7-6-10(8-30)34-20(24)25/h2-5,9-10,20,27-28H,6-8H2,1H3. The van der Waals surface area contributed by atoms with Crippen LogP contribution in [0.25, 0.3) is 10.9 Å². The number of anilines is 3. The second-order valence-electron chi connectivity index (χ2n) is 7.66. The molecule has 1 aliphatic heterocycles.